The molecule has 0 saturated heterocycles. The highest BCUT2D eigenvalue weighted by atomic mass is 16.2. The summed E-state index contributed by atoms with van der Waals surface area (Å²) >= 11 is 0. The van der Waals surface area contributed by atoms with E-state index < -0.39 is 0 Å². The van der Waals surface area contributed by atoms with Crippen molar-refractivity contribution in [2.24, 2.45) is 0 Å². The Kier molecular flexibility index (Phi) is 4.54. The summed E-state index contributed by atoms with van der Waals surface area (Å²) in [6.07, 6.45) is 1.91. The smallest absolute Gasteiger partial charge is 0.223 e. The van der Waals surface area contributed by atoms with Gasteiger partial charge < -0.3 is 9.69 Å². The molecule has 0 atom stereocenters. The highest BCUT2D eigenvalue weighted by Gasteiger charge is 2.07. The second-order valence-electron chi connectivity index (χ2n) is 3.43. The molecule has 0 N–H and O–H groups in total. The Hall–Kier alpha value is -1.64. The maximum atomic E-state index is 11.5. The number of hydrogen-bond acceptors (Lipinski definition) is 2. The first-order chi connectivity index (χ1) is 7.24. The summed E-state index contributed by atoms with van der Waals surface area (Å²) in [5.74, 6) is 0.00551. The third kappa shape index (κ3) is 3.94. The number of amides is 1. The zero-order chi connectivity index (χ0) is 11.1. The van der Waals surface area contributed by atoms with E-state index in [2.05, 4.69) is 0 Å². The lowest BCUT2D eigenvalue weighted by Crippen LogP contribution is -2.28. The van der Waals surface area contributed by atoms with Crippen LogP contribution < -0.4 is 0 Å². The Morgan fingerprint density at radius 2 is 2.00 bits per heavy atom. The lowest BCUT2D eigenvalue weighted by Gasteiger charge is -2.13. The van der Waals surface area contributed by atoms with Crippen molar-refractivity contribution < 1.29 is 9.59 Å². The largest absolute Gasteiger partial charge is 0.339 e. The van der Waals surface area contributed by atoms with Gasteiger partial charge in [0.05, 0.1) is 6.54 Å². The molecule has 0 bridgehead atoms. The van der Waals surface area contributed by atoms with Crippen molar-refractivity contribution in [3.8, 4) is 0 Å². The lowest BCUT2D eigenvalue weighted by molar-refractivity contribution is -0.131. The molecule has 0 spiro atoms. The molecule has 0 aliphatic rings. The molecular weight excluding hydrogens is 190 g/mol. The summed E-state index contributed by atoms with van der Waals surface area (Å²) in [5, 5.41) is 0. The molecule has 0 unspecified atom stereocenters. The molecule has 0 aliphatic carbocycles. The van der Waals surface area contributed by atoms with Crippen LogP contribution in [0.25, 0.3) is 0 Å². The van der Waals surface area contributed by atoms with Crippen LogP contribution in [0.4, 0.5) is 0 Å². The Morgan fingerprint density at radius 3 is 2.60 bits per heavy atom. The molecule has 1 rings (SSSR count). The Morgan fingerprint density at radius 1 is 1.33 bits per heavy atom. The van der Waals surface area contributed by atoms with Gasteiger partial charge in [0.1, 0.15) is 6.29 Å². The molecule has 0 fully saturated rings. The summed E-state index contributed by atoms with van der Waals surface area (Å²) in [4.78, 5) is 23.1. The quantitative estimate of drug-likeness (QED) is 0.679. The Balaban J connectivity index is 2.37. The number of likely N-dealkylation sites (N-methyl/N-ethyl adjacent to an activating group) is 1. The van der Waals surface area contributed by atoms with Crippen LogP contribution in [0.3, 0.4) is 0 Å². The van der Waals surface area contributed by atoms with Crippen LogP contribution in [0.2, 0.25) is 0 Å². The maximum Gasteiger partial charge on any atom is 0.223 e. The van der Waals surface area contributed by atoms with Gasteiger partial charge in [-0.25, -0.2) is 0 Å². The van der Waals surface area contributed by atoms with Crippen LogP contribution in [0.1, 0.15) is 12.0 Å². The van der Waals surface area contributed by atoms with Gasteiger partial charge in [-0.15, -0.1) is 0 Å². The molecule has 15 heavy (non-hydrogen) atoms. The SMILES string of the molecule is CN(CC=O)C(=O)CCc1ccccc1. The Bertz CT molecular complexity index is 322. The summed E-state index contributed by atoms with van der Waals surface area (Å²) < 4.78 is 0. The van der Waals surface area contributed by atoms with Gasteiger partial charge in [-0.1, -0.05) is 30.3 Å². The number of benzene rings is 1. The second kappa shape index (κ2) is 5.96. The van der Waals surface area contributed by atoms with E-state index in [1.807, 2.05) is 30.3 Å². The molecule has 1 aromatic carbocycles. The van der Waals surface area contributed by atoms with Gasteiger partial charge in [-0.05, 0) is 12.0 Å². The van der Waals surface area contributed by atoms with Crippen molar-refractivity contribution in [3.05, 3.63) is 35.9 Å². The minimum Gasteiger partial charge on any atom is -0.339 e. The fraction of sp³-hybridized carbons (Fsp3) is 0.333. The van der Waals surface area contributed by atoms with Gasteiger partial charge in [0.25, 0.3) is 0 Å². The predicted octanol–water partition coefficient (Wildman–Crippen LogP) is 1.28. The van der Waals surface area contributed by atoms with Crippen LogP contribution in [0.15, 0.2) is 30.3 Å². The van der Waals surface area contributed by atoms with Crippen molar-refractivity contribution in [1.82, 2.24) is 4.90 Å². The van der Waals surface area contributed by atoms with E-state index in [9.17, 15) is 9.59 Å². The third-order valence-electron chi connectivity index (χ3n) is 2.24. The van der Waals surface area contributed by atoms with Gasteiger partial charge in [0, 0.05) is 13.5 Å². The number of aldehydes is 1. The number of nitrogens with zero attached hydrogens (tertiary/aromatic N) is 1. The predicted molar refractivity (Wildman–Crippen MR) is 58.5 cm³/mol. The fourth-order valence-electron chi connectivity index (χ4n) is 1.30. The first kappa shape index (κ1) is 11.4. The zero-order valence-corrected chi connectivity index (χ0v) is 8.85. The van der Waals surface area contributed by atoms with Crippen LogP contribution in [0.5, 0.6) is 0 Å². The number of carbonyl (C=O) groups excluding carboxylic acids is 2. The topological polar surface area (TPSA) is 37.4 Å². The molecule has 0 saturated carbocycles. The first-order valence-corrected chi connectivity index (χ1v) is 4.95. The monoisotopic (exact) mass is 205 g/mol. The number of aryl methyl sites for hydroxylation is 1. The van der Waals surface area contributed by atoms with Crippen LogP contribution in [-0.2, 0) is 16.0 Å². The van der Waals surface area contributed by atoms with Gasteiger partial charge in [-0.2, -0.15) is 0 Å². The highest BCUT2D eigenvalue weighted by Crippen LogP contribution is 2.03. The summed E-state index contributed by atoms with van der Waals surface area (Å²) in [6, 6.07) is 9.84. The van der Waals surface area contributed by atoms with E-state index in [0.717, 1.165) is 18.3 Å². The number of carbonyl (C=O) groups is 2. The van der Waals surface area contributed by atoms with Crippen molar-refractivity contribution in [2.45, 2.75) is 12.8 Å². The van der Waals surface area contributed by atoms with Crippen molar-refractivity contribution >= 4 is 12.2 Å². The molecule has 1 amide bonds. The van der Waals surface area contributed by atoms with E-state index >= 15 is 0 Å². The van der Waals surface area contributed by atoms with Crippen LogP contribution >= 0.6 is 0 Å². The summed E-state index contributed by atoms with van der Waals surface area (Å²) in [6.45, 7) is 0.174. The van der Waals surface area contributed by atoms with Gasteiger partial charge in [0.15, 0.2) is 0 Å². The minimum absolute atomic E-state index is 0.00551. The summed E-state index contributed by atoms with van der Waals surface area (Å²) in [7, 11) is 1.64. The number of hydrogen-bond donors (Lipinski definition) is 0. The molecule has 3 nitrogen and oxygen atoms in total. The molecule has 3 heteroatoms. The van der Waals surface area contributed by atoms with Gasteiger partial charge >= 0.3 is 0 Å². The van der Waals surface area contributed by atoms with Crippen molar-refractivity contribution in [1.29, 1.82) is 0 Å². The van der Waals surface area contributed by atoms with Crippen LogP contribution in [0, 0.1) is 0 Å². The highest BCUT2D eigenvalue weighted by molar-refractivity contribution is 5.78. The minimum atomic E-state index is 0.00551. The zero-order valence-electron chi connectivity index (χ0n) is 8.85. The van der Waals surface area contributed by atoms with Gasteiger partial charge in [0.2, 0.25) is 5.91 Å². The molecule has 0 aliphatic heterocycles. The van der Waals surface area contributed by atoms with Crippen molar-refractivity contribution in [2.75, 3.05) is 13.6 Å². The fourth-order valence-corrected chi connectivity index (χ4v) is 1.30. The van der Waals surface area contributed by atoms with E-state index in [1.165, 1.54) is 4.90 Å². The van der Waals surface area contributed by atoms with E-state index in [0.29, 0.717) is 6.42 Å². The molecule has 80 valence electrons. The average molecular weight is 205 g/mol. The molecule has 0 aromatic heterocycles. The van der Waals surface area contributed by atoms with E-state index in [-0.39, 0.29) is 12.5 Å². The first-order valence-electron chi connectivity index (χ1n) is 4.95. The molecule has 1 aromatic rings. The average Bonchev–Trinajstić information content (AvgIpc) is 2.27. The standard InChI is InChI=1S/C12H15NO2/c1-13(9-10-14)12(15)8-7-11-5-3-2-4-6-11/h2-6,10H,7-9H2,1H3. The van der Waals surface area contributed by atoms with E-state index in [1.54, 1.807) is 7.05 Å². The second-order valence-corrected chi connectivity index (χ2v) is 3.43. The molecule has 0 radical (unpaired) electrons. The number of rotatable bonds is 5. The Labute approximate surface area is 89.7 Å². The molecular formula is C12H15NO2. The van der Waals surface area contributed by atoms with Gasteiger partial charge in [-0.3, -0.25) is 4.79 Å². The third-order valence-corrected chi connectivity index (χ3v) is 2.24. The van der Waals surface area contributed by atoms with Crippen LogP contribution in [-0.4, -0.2) is 30.7 Å². The van der Waals surface area contributed by atoms with Crippen molar-refractivity contribution in [3.63, 3.8) is 0 Å². The summed E-state index contributed by atoms with van der Waals surface area (Å²) in [5.41, 5.74) is 1.14. The lowest BCUT2D eigenvalue weighted by atomic mass is 10.1. The maximum absolute atomic E-state index is 11.5. The molecule has 0 heterocycles. The van der Waals surface area contributed by atoms with E-state index in [4.69, 9.17) is 0 Å². The normalized spacial score (nSPS) is 9.67.